The number of likely N-dealkylation sites (tertiary alicyclic amines) is 1. The van der Waals surface area contributed by atoms with Crippen LogP contribution in [-0.2, 0) is 0 Å². The van der Waals surface area contributed by atoms with Gasteiger partial charge in [-0.25, -0.2) is 4.98 Å². The minimum atomic E-state index is -4.40. The number of piperazine rings is 1. The highest BCUT2D eigenvalue weighted by molar-refractivity contribution is 7.11. The number of ether oxygens (including phenoxy) is 1. The van der Waals surface area contributed by atoms with Crippen molar-refractivity contribution in [1.82, 2.24) is 19.7 Å². The number of carbonyl (C=O) groups is 2. The van der Waals surface area contributed by atoms with E-state index in [1.54, 1.807) is 21.4 Å². The molecule has 2 aliphatic rings. The molecule has 0 atom stereocenters. The highest BCUT2D eigenvalue weighted by Crippen LogP contribution is 2.23. The Morgan fingerprint density at radius 2 is 1.71 bits per heavy atom. The van der Waals surface area contributed by atoms with Crippen LogP contribution in [0.15, 0.2) is 35.8 Å². The zero-order valence-electron chi connectivity index (χ0n) is 16.5. The van der Waals surface area contributed by atoms with Crippen molar-refractivity contribution in [2.24, 2.45) is 0 Å². The normalized spacial score (nSPS) is 18.0. The van der Waals surface area contributed by atoms with Crippen LogP contribution in [0.3, 0.4) is 0 Å². The van der Waals surface area contributed by atoms with Gasteiger partial charge in [0.1, 0.15) is 5.75 Å². The van der Waals surface area contributed by atoms with Crippen molar-refractivity contribution in [3.63, 3.8) is 0 Å². The maximum atomic E-state index is 12.6. The fourth-order valence-electron chi connectivity index (χ4n) is 3.65. The molecule has 2 fully saturated rings. The van der Waals surface area contributed by atoms with Gasteiger partial charge in [0.05, 0.1) is 0 Å². The Labute approximate surface area is 181 Å². The van der Waals surface area contributed by atoms with E-state index in [1.807, 2.05) is 0 Å². The number of benzene rings is 1. The van der Waals surface area contributed by atoms with Crippen molar-refractivity contribution in [2.75, 3.05) is 45.9 Å². The molecule has 0 unspecified atom stereocenters. The summed E-state index contributed by atoms with van der Waals surface area (Å²) in [6.45, 7) is 2.56. The standard InChI is InChI=1S/C20H21F3N4O3S/c21-20(22,23)13-30-16-3-1-14(2-4-16)18(28)27-11-15(12-27)25-6-8-26(9-7-25)19(29)17-24-5-10-31-17/h1-5,10,15H,6-9,11-13H2. The Balaban J connectivity index is 1.22. The number of rotatable bonds is 5. The number of alkyl halides is 3. The van der Waals surface area contributed by atoms with E-state index in [1.165, 1.54) is 35.6 Å². The average Bonchev–Trinajstić information content (AvgIpc) is 3.26. The van der Waals surface area contributed by atoms with E-state index >= 15 is 0 Å². The van der Waals surface area contributed by atoms with Gasteiger partial charge in [-0.2, -0.15) is 13.2 Å². The van der Waals surface area contributed by atoms with Crippen LogP contribution >= 0.6 is 11.3 Å². The van der Waals surface area contributed by atoms with Gasteiger partial charge in [-0.1, -0.05) is 0 Å². The quantitative estimate of drug-likeness (QED) is 0.694. The van der Waals surface area contributed by atoms with E-state index in [-0.39, 0.29) is 23.6 Å². The molecule has 11 heteroatoms. The van der Waals surface area contributed by atoms with Gasteiger partial charge in [0.15, 0.2) is 11.6 Å². The number of aromatic nitrogens is 1. The average molecular weight is 454 g/mol. The topological polar surface area (TPSA) is 66.0 Å². The summed E-state index contributed by atoms with van der Waals surface area (Å²) in [5, 5.41) is 2.29. The Morgan fingerprint density at radius 3 is 2.29 bits per heavy atom. The van der Waals surface area contributed by atoms with Gasteiger partial charge >= 0.3 is 6.18 Å². The van der Waals surface area contributed by atoms with Crippen molar-refractivity contribution < 1.29 is 27.5 Å². The van der Waals surface area contributed by atoms with Crippen LogP contribution < -0.4 is 4.74 Å². The molecular formula is C20H21F3N4O3S. The molecule has 4 rings (SSSR count). The third-order valence-electron chi connectivity index (χ3n) is 5.39. The summed E-state index contributed by atoms with van der Waals surface area (Å²) in [6, 6.07) is 5.94. The van der Waals surface area contributed by atoms with E-state index in [9.17, 15) is 22.8 Å². The van der Waals surface area contributed by atoms with E-state index in [0.717, 1.165) is 13.1 Å². The van der Waals surface area contributed by atoms with Crippen LogP contribution in [0.5, 0.6) is 5.75 Å². The lowest BCUT2D eigenvalue weighted by molar-refractivity contribution is -0.153. The summed E-state index contributed by atoms with van der Waals surface area (Å²) < 4.78 is 41.3. The lowest BCUT2D eigenvalue weighted by Crippen LogP contribution is -2.64. The zero-order valence-corrected chi connectivity index (χ0v) is 17.4. The first-order valence-corrected chi connectivity index (χ1v) is 10.7. The third kappa shape index (κ3) is 5.16. The number of hydrogen-bond donors (Lipinski definition) is 0. The smallest absolute Gasteiger partial charge is 0.422 e. The van der Waals surface area contributed by atoms with Crippen LogP contribution in [-0.4, -0.2) is 89.6 Å². The highest BCUT2D eigenvalue weighted by atomic mass is 32.1. The van der Waals surface area contributed by atoms with E-state index in [2.05, 4.69) is 14.6 Å². The van der Waals surface area contributed by atoms with Crippen molar-refractivity contribution in [2.45, 2.75) is 12.2 Å². The molecule has 0 aliphatic carbocycles. The maximum absolute atomic E-state index is 12.6. The summed E-state index contributed by atoms with van der Waals surface area (Å²) in [7, 11) is 0. The second-order valence-corrected chi connectivity index (χ2v) is 8.35. The van der Waals surface area contributed by atoms with Crippen molar-refractivity contribution in [1.29, 1.82) is 0 Å². The minimum absolute atomic E-state index is 0.0391. The van der Waals surface area contributed by atoms with Gasteiger partial charge in [0, 0.05) is 62.5 Å². The number of halogens is 3. The molecule has 2 saturated heterocycles. The van der Waals surface area contributed by atoms with Gasteiger partial charge < -0.3 is 14.5 Å². The molecule has 0 saturated carbocycles. The summed E-state index contributed by atoms with van der Waals surface area (Å²) >= 11 is 1.34. The van der Waals surface area contributed by atoms with Crippen LogP contribution in [0.4, 0.5) is 13.2 Å². The second kappa shape index (κ2) is 8.83. The fraction of sp³-hybridized carbons (Fsp3) is 0.450. The van der Waals surface area contributed by atoms with Crippen molar-refractivity contribution in [3.8, 4) is 5.75 Å². The molecule has 2 amide bonds. The van der Waals surface area contributed by atoms with Crippen LogP contribution in [0, 0.1) is 0 Å². The molecule has 1 aromatic heterocycles. The Bertz CT molecular complexity index is 907. The molecule has 1 aromatic carbocycles. The number of amides is 2. The molecule has 3 heterocycles. The molecule has 0 spiro atoms. The molecule has 0 radical (unpaired) electrons. The highest BCUT2D eigenvalue weighted by Gasteiger charge is 2.37. The first kappa shape index (κ1) is 21.6. The van der Waals surface area contributed by atoms with Gasteiger partial charge in [0.2, 0.25) is 0 Å². The monoisotopic (exact) mass is 454 g/mol. The summed E-state index contributed by atoms with van der Waals surface area (Å²) in [5.74, 6) is -0.126. The van der Waals surface area contributed by atoms with Crippen molar-refractivity contribution >= 4 is 23.2 Å². The number of nitrogens with zero attached hydrogens (tertiary/aromatic N) is 4. The molecule has 2 aliphatic heterocycles. The first-order valence-electron chi connectivity index (χ1n) is 9.82. The van der Waals surface area contributed by atoms with Gasteiger partial charge in [0.25, 0.3) is 11.8 Å². The van der Waals surface area contributed by atoms with Gasteiger partial charge in [-0.05, 0) is 24.3 Å². The SMILES string of the molecule is O=C(c1ccc(OCC(F)(F)F)cc1)N1CC(N2CCN(C(=O)c3nccs3)CC2)C1. The number of thiazole rings is 1. The maximum Gasteiger partial charge on any atom is 0.422 e. The Hall–Kier alpha value is -2.66. The third-order valence-corrected chi connectivity index (χ3v) is 6.15. The fourth-order valence-corrected chi connectivity index (χ4v) is 4.25. The second-order valence-electron chi connectivity index (χ2n) is 7.46. The largest absolute Gasteiger partial charge is 0.484 e. The lowest BCUT2D eigenvalue weighted by Gasteiger charge is -2.48. The lowest BCUT2D eigenvalue weighted by atomic mass is 10.0. The molecule has 0 N–H and O–H groups in total. The minimum Gasteiger partial charge on any atom is -0.484 e. The first-order chi connectivity index (χ1) is 14.8. The molecule has 0 bridgehead atoms. The number of hydrogen-bond acceptors (Lipinski definition) is 6. The van der Waals surface area contributed by atoms with Crippen LogP contribution in [0.25, 0.3) is 0 Å². The summed E-state index contributed by atoms with van der Waals surface area (Å²) in [4.78, 5) is 34.8. The van der Waals surface area contributed by atoms with E-state index in [4.69, 9.17) is 0 Å². The van der Waals surface area contributed by atoms with Crippen LogP contribution in [0.1, 0.15) is 20.2 Å². The van der Waals surface area contributed by atoms with E-state index < -0.39 is 12.8 Å². The Morgan fingerprint density at radius 1 is 1.03 bits per heavy atom. The summed E-state index contributed by atoms with van der Waals surface area (Å²) in [5.41, 5.74) is 0.414. The van der Waals surface area contributed by atoms with Gasteiger partial charge in [-0.15, -0.1) is 11.3 Å². The molecule has 2 aromatic rings. The molecular weight excluding hydrogens is 433 g/mol. The molecule has 7 nitrogen and oxygen atoms in total. The number of carbonyl (C=O) groups excluding carboxylic acids is 2. The van der Waals surface area contributed by atoms with Gasteiger partial charge in [-0.3, -0.25) is 14.5 Å². The predicted octanol–water partition coefficient (Wildman–Crippen LogP) is 2.37. The Kier molecular flexibility index (Phi) is 6.15. The zero-order chi connectivity index (χ0) is 22.0. The van der Waals surface area contributed by atoms with E-state index in [0.29, 0.717) is 36.8 Å². The van der Waals surface area contributed by atoms with Crippen molar-refractivity contribution in [3.05, 3.63) is 46.4 Å². The molecule has 166 valence electrons. The predicted molar refractivity (Wildman–Crippen MR) is 107 cm³/mol. The van der Waals surface area contributed by atoms with Crippen LogP contribution in [0.2, 0.25) is 0 Å². The molecule has 31 heavy (non-hydrogen) atoms. The summed E-state index contributed by atoms with van der Waals surface area (Å²) in [6.07, 6.45) is -2.78.